The Balaban J connectivity index is 3.71. The summed E-state index contributed by atoms with van der Waals surface area (Å²) in [5.41, 5.74) is 0. The van der Waals surface area contributed by atoms with Crippen LogP contribution in [0.25, 0.3) is 0 Å². The molecule has 0 saturated heterocycles. The standard InChI is InChI=1S/C18H34O5/c1-2-3-4-5-6-7-8-10-15(19)13-14-17(21)16(20)11-9-12-18(22)23/h13-17,19-21H,2-12H2,1H3,(H,22,23)/t15-,16-,17+/m1/s1. The molecule has 0 rings (SSSR count). The molecule has 0 amide bonds. The Bertz CT molecular complexity index is 317. The van der Waals surface area contributed by atoms with E-state index in [0.717, 1.165) is 12.8 Å². The summed E-state index contributed by atoms with van der Waals surface area (Å²) in [4.78, 5) is 10.4. The SMILES string of the molecule is CCCCCCCCC[C@@H](O)C=C[C@H](O)[C@H](O)CCCC(=O)O. The van der Waals surface area contributed by atoms with Crippen LogP contribution in [-0.2, 0) is 4.79 Å². The molecule has 0 saturated carbocycles. The molecule has 136 valence electrons. The van der Waals surface area contributed by atoms with E-state index in [2.05, 4.69) is 6.92 Å². The van der Waals surface area contributed by atoms with Gasteiger partial charge in [0, 0.05) is 6.42 Å². The Labute approximate surface area is 140 Å². The van der Waals surface area contributed by atoms with Crippen LogP contribution >= 0.6 is 0 Å². The molecule has 0 fully saturated rings. The molecule has 0 aromatic heterocycles. The molecule has 5 nitrogen and oxygen atoms in total. The molecule has 0 aromatic rings. The number of carboxylic acids is 1. The topological polar surface area (TPSA) is 98.0 Å². The molecule has 5 heteroatoms. The van der Waals surface area contributed by atoms with E-state index in [-0.39, 0.29) is 12.8 Å². The fourth-order valence-corrected chi connectivity index (χ4v) is 2.41. The van der Waals surface area contributed by atoms with E-state index in [0.29, 0.717) is 12.8 Å². The van der Waals surface area contributed by atoms with Gasteiger partial charge in [-0.1, -0.05) is 64.0 Å². The highest BCUT2D eigenvalue weighted by molar-refractivity contribution is 5.66. The second kappa shape index (κ2) is 14.7. The number of unbranched alkanes of at least 4 members (excludes halogenated alkanes) is 6. The van der Waals surface area contributed by atoms with Crippen molar-refractivity contribution in [2.24, 2.45) is 0 Å². The molecule has 0 aliphatic carbocycles. The first kappa shape index (κ1) is 22.1. The molecule has 0 aromatic carbocycles. The van der Waals surface area contributed by atoms with Gasteiger partial charge in [0.25, 0.3) is 0 Å². The Morgan fingerprint density at radius 3 is 2.09 bits per heavy atom. The number of carboxylic acid groups (broad SMARTS) is 1. The van der Waals surface area contributed by atoms with Gasteiger partial charge in [0.15, 0.2) is 0 Å². The van der Waals surface area contributed by atoms with Crippen molar-refractivity contribution in [3.63, 3.8) is 0 Å². The minimum Gasteiger partial charge on any atom is -0.481 e. The molecule has 0 aliphatic rings. The lowest BCUT2D eigenvalue weighted by atomic mass is 10.0. The average Bonchev–Trinajstić information content (AvgIpc) is 2.51. The lowest BCUT2D eigenvalue weighted by Crippen LogP contribution is -2.24. The van der Waals surface area contributed by atoms with Gasteiger partial charge in [-0.2, -0.15) is 0 Å². The van der Waals surface area contributed by atoms with Crippen molar-refractivity contribution in [2.45, 2.75) is 95.9 Å². The van der Waals surface area contributed by atoms with Gasteiger partial charge in [0.1, 0.15) is 0 Å². The maximum atomic E-state index is 10.4. The fraction of sp³-hybridized carbons (Fsp3) is 0.833. The monoisotopic (exact) mass is 330 g/mol. The third kappa shape index (κ3) is 14.4. The summed E-state index contributed by atoms with van der Waals surface area (Å²) in [6, 6.07) is 0. The number of rotatable bonds is 15. The fourth-order valence-electron chi connectivity index (χ4n) is 2.41. The Hall–Kier alpha value is -0.910. The number of aliphatic hydroxyl groups excluding tert-OH is 3. The molecule has 0 bridgehead atoms. The second-order valence-electron chi connectivity index (χ2n) is 6.21. The van der Waals surface area contributed by atoms with Crippen LogP contribution < -0.4 is 0 Å². The largest absolute Gasteiger partial charge is 0.481 e. The summed E-state index contributed by atoms with van der Waals surface area (Å²) in [5, 5.41) is 37.7. The van der Waals surface area contributed by atoms with Gasteiger partial charge in [0.2, 0.25) is 0 Å². The Kier molecular flexibility index (Phi) is 14.1. The summed E-state index contributed by atoms with van der Waals surface area (Å²) in [6.07, 6.45) is 9.77. The smallest absolute Gasteiger partial charge is 0.303 e. The van der Waals surface area contributed by atoms with E-state index in [9.17, 15) is 20.1 Å². The van der Waals surface area contributed by atoms with Crippen molar-refractivity contribution in [2.75, 3.05) is 0 Å². The minimum atomic E-state index is -1.06. The maximum absolute atomic E-state index is 10.4. The van der Waals surface area contributed by atoms with Crippen LogP contribution in [-0.4, -0.2) is 44.7 Å². The number of aliphatic carboxylic acids is 1. The maximum Gasteiger partial charge on any atom is 0.303 e. The number of hydrogen-bond acceptors (Lipinski definition) is 4. The van der Waals surface area contributed by atoms with Crippen LogP contribution in [0.4, 0.5) is 0 Å². The predicted molar refractivity (Wildman–Crippen MR) is 91.3 cm³/mol. The van der Waals surface area contributed by atoms with E-state index in [1.165, 1.54) is 44.3 Å². The third-order valence-corrected chi connectivity index (χ3v) is 3.92. The van der Waals surface area contributed by atoms with E-state index < -0.39 is 24.3 Å². The normalized spacial score (nSPS) is 15.7. The van der Waals surface area contributed by atoms with Gasteiger partial charge in [-0.25, -0.2) is 0 Å². The van der Waals surface area contributed by atoms with Gasteiger partial charge in [-0.05, 0) is 19.3 Å². The van der Waals surface area contributed by atoms with Crippen LogP contribution in [0.15, 0.2) is 12.2 Å². The Morgan fingerprint density at radius 1 is 0.870 bits per heavy atom. The summed E-state index contributed by atoms with van der Waals surface area (Å²) < 4.78 is 0. The van der Waals surface area contributed by atoms with E-state index >= 15 is 0 Å². The summed E-state index contributed by atoms with van der Waals surface area (Å²) in [6.45, 7) is 2.19. The lowest BCUT2D eigenvalue weighted by molar-refractivity contribution is -0.137. The van der Waals surface area contributed by atoms with Gasteiger partial charge in [0.05, 0.1) is 18.3 Å². The summed E-state index contributed by atoms with van der Waals surface area (Å²) in [7, 11) is 0. The van der Waals surface area contributed by atoms with Crippen LogP contribution in [0.5, 0.6) is 0 Å². The zero-order valence-corrected chi connectivity index (χ0v) is 14.4. The Morgan fingerprint density at radius 2 is 1.48 bits per heavy atom. The first-order chi connectivity index (χ1) is 11.0. The molecular weight excluding hydrogens is 296 g/mol. The third-order valence-electron chi connectivity index (χ3n) is 3.92. The van der Waals surface area contributed by atoms with Gasteiger partial charge in [-0.15, -0.1) is 0 Å². The van der Waals surface area contributed by atoms with Crippen molar-refractivity contribution in [3.8, 4) is 0 Å². The van der Waals surface area contributed by atoms with Crippen LogP contribution in [0.3, 0.4) is 0 Å². The molecule has 4 N–H and O–H groups in total. The number of aliphatic hydroxyl groups is 3. The van der Waals surface area contributed by atoms with Crippen molar-refractivity contribution < 1.29 is 25.2 Å². The van der Waals surface area contributed by atoms with Crippen molar-refractivity contribution >= 4 is 5.97 Å². The molecule has 0 radical (unpaired) electrons. The van der Waals surface area contributed by atoms with Crippen LogP contribution in [0.2, 0.25) is 0 Å². The molecule has 0 aliphatic heterocycles. The molecule has 0 unspecified atom stereocenters. The zero-order chi connectivity index (χ0) is 17.5. The zero-order valence-electron chi connectivity index (χ0n) is 14.4. The van der Waals surface area contributed by atoms with Crippen molar-refractivity contribution in [1.82, 2.24) is 0 Å². The first-order valence-electron chi connectivity index (χ1n) is 8.91. The lowest BCUT2D eigenvalue weighted by Gasteiger charge is -2.14. The quantitative estimate of drug-likeness (QED) is 0.273. The van der Waals surface area contributed by atoms with Crippen molar-refractivity contribution in [1.29, 1.82) is 0 Å². The second-order valence-corrected chi connectivity index (χ2v) is 6.21. The number of hydrogen-bond donors (Lipinski definition) is 4. The van der Waals surface area contributed by atoms with Crippen LogP contribution in [0.1, 0.15) is 77.6 Å². The van der Waals surface area contributed by atoms with Gasteiger partial charge >= 0.3 is 5.97 Å². The molecular formula is C18H34O5. The van der Waals surface area contributed by atoms with E-state index in [1.807, 2.05) is 0 Å². The predicted octanol–water partition coefficient (Wildman–Crippen LogP) is 3.02. The van der Waals surface area contributed by atoms with E-state index in [4.69, 9.17) is 5.11 Å². The van der Waals surface area contributed by atoms with Crippen LogP contribution in [0, 0.1) is 0 Å². The number of carbonyl (C=O) groups is 1. The summed E-state index contributed by atoms with van der Waals surface area (Å²) >= 11 is 0. The van der Waals surface area contributed by atoms with Crippen molar-refractivity contribution in [3.05, 3.63) is 12.2 Å². The van der Waals surface area contributed by atoms with E-state index in [1.54, 1.807) is 0 Å². The minimum absolute atomic E-state index is 0.0195. The highest BCUT2D eigenvalue weighted by Gasteiger charge is 2.14. The van der Waals surface area contributed by atoms with Gasteiger partial charge in [-0.3, -0.25) is 4.79 Å². The molecule has 3 atom stereocenters. The average molecular weight is 330 g/mol. The molecule has 0 heterocycles. The molecule has 0 spiro atoms. The highest BCUT2D eigenvalue weighted by Crippen LogP contribution is 2.11. The summed E-state index contributed by atoms with van der Waals surface area (Å²) in [5.74, 6) is -0.910. The van der Waals surface area contributed by atoms with Gasteiger partial charge < -0.3 is 20.4 Å². The molecule has 23 heavy (non-hydrogen) atoms. The first-order valence-corrected chi connectivity index (χ1v) is 8.91. The highest BCUT2D eigenvalue weighted by atomic mass is 16.4.